The fraction of sp³-hybridized carbons (Fsp3) is 0.435. The normalized spacial score (nSPS) is 15.5. The number of hydrogen-bond acceptors (Lipinski definition) is 3. The highest BCUT2D eigenvalue weighted by atomic mass is 16.2. The van der Waals surface area contributed by atoms with Crippen molar-refractivity contribution in [1.82, 2.24) is 19.7 Å². The smallest absolute Gasteiger partial charge is 0.254 e. The summed E-state index contributed by atoms with van der Waals surface area (Å²) in [6.45, 7) is 7.74. The fourth-order valence-corrected chi connectivity index (χ4v) is 4.16. The second kappa shape index (κ2) is 7.74. The van der Waals surface area contributed by atoms with Crippen molar-refractivity contribution in [3.63, 3.8) is 0 Å². The summed E-state index contributed by atoms with van der Waals surface area (Å²) in [6.07, 6.45) is 5.00. The second-order valence-corrected chi connectivity index (χ2v) is 8.16. The van der Waals surface area contributed by atoms with Crippen molar-refractivity contribution in [2.24, 2.45) is 5.92 Å². The molecule has 0 radical (unpaired) electrons. The molecule has 1 saturated heterocycles. The standard InChI is InChI=1S/C23H28N4O/c1-16(2)27-22-21(15-24-27)20(13-17(3)25-22)23(28)26-11-9-19(10-12-26)14-18-7-5-4-6-8-18/h4-8,13,15-16,19H,9-12,14H2,1-3H3. The van der Waals surface area contributed by atoms with E-state index in [1.807, 2.05) is 22.6 Å². The lowest BCUT2D eigenvalue weighted by Gasteiger charge is -2.32. The third kappa shape index (κ3) is 3.66. The number of aromatic nitrogens is 3. The summed E-state index contributed by atoms with van der Waals surface area (Å²) in [7, 11) is 0. The lowest BCUT2D eigenvalue weighted by atomic mass is 9.90. The average Bonchev–Trinajstić information content (AvgIpc) is 3.12. The van der Waals surface area contributed by atoms with Crippen LogP contribution in [-0.2, 0) is 6.42 Å². The number of rotatable bonds is 4. The topological polar surface area (TPSA) is 51.0 Å². The van der Waals surface area contributed by atoms with Crippen molar-refractivity contribution >= 4 is 16.9 Å². The molecule has 28 heavy (non-hydrogen) atoms. The van der Waals surface area contributed by atoms with Gasteiger partial charge in [-0.25, -0.2) is 9.67 Å². The van der Waals surface area contributed by atoms with E-state index in [4.69, 9.17) is 0 Å². The summed E-state index contributed by atoms with van der Waals surface area (Å²) in [5.41, 5.74) is 3.78. The molecule has 0 saturated carbocycles. The number of pyridine rings is 1. The molecule has 146 valence electrons. The largest absolute Gasteiger partial charge is 0.339 e. The summed E-state index contributed by atoms with van der Waals surface area (Å²) in [5.74, 6) is 0.756. The number of benzene rings is 1. The zero-order valence-corrected chi connectivity index (χ0v) is 16.9. The minimum Gasteiger partial charge on any atom is -0.339 e. The van der Waals surface area contributed by atoms with Crippen molar-refractivity contribution < 1.29 is 4.79 Å². The molecule has 0 atom stereocenters. The highest BCUT2D eigenvalue weighted by Gasteiger charge is 2.26. The van der Waals surface area contributed by atoms with E-state index < -0.39 is 0 Å². The van der Waals surface area contributed by atoms with Crippen LogP contribution in [0.15, 0.2) is 42.6 Å². The molecule has 1 aromatic carbocycles. The summed E-state index contributed by atoms with van der Waals surface area (Å²) in [5, 5.41) is 5.32. The third-order valence-corrected chi connectivity index (χ3v) is 5.68. The van der Waals surface area contributed by atoms with Gasteiger partial charge in [-0.1, -0.05) is 30.3 Å². The van der Waals surface area contributed by atoms with Crippen molar-refractivity contribution in [3.8, 4) is 0 Å². The Kier molecular flexibility index (Phi) is 5.16. The van der Waals surface area contributed by atoms with Crippen LogP contribution in [0.25, 0.3) is 11.0 Å². The van der Waals surface area contributed by atoms with Gasteiger partial charge < -0.3 is 4.90 Å². The number of aryl methyl sites for hydroxylation is 1. The first-order chi connectivity index (χ1) is 13.5. The van der Waals surface area contributed by atoms with Gasteiger partial charge in [0.25, 0.3) is 5.91 Å². The maximum atomic E-state index is 13.3. The molecule has 3 heterocycles. The van der Waals surface area contributed by atoms with Crippen molar-refractivity contribution in [2.45, 2.75) is 46.1 Å². The van der Waals surface area contributed by atoms with Crippen molar-refractivity contribution in [2.75, 3.05) is 13.1 Å². The monoisotopic (exact) mass is 376 g/mol. The van der Waals surface area contributed by atoms with E-state index in [-0.39, 0.29) is 11.9 Å². The predicted octanol–water partition coefficient (Wildman–Crippen LogP) is 4.42. The maximum absolute atomic E-state index is 13.3. The van der Waals surface area contributed by atoms with Gasteiger partial charge in [-0.05, 0) is 57.6 Å². The summed E-state index contributed by atoms with van der Waals surface area (Å²) < 4.78 is 1.89. The van der Waals surface area contributed by atoms with Crippen LogP contribution in [0.1, 0.15) is 54.3 Å². The molecule has 1 fully saturated rings. The number of piperidine rings is 1. The Hall–Kier alpha value is -2.69. The van der Waals surface area contributed by atoms with E-state index in [0.29, 0.717) is 5.92 Å². The van der Waals surface area contributed by atoms with Gasteiger partial charge in [-0.3, -0.25) is 4.79 Å². The molecular formula is C23H28N4O. The molecule has 5 nitrogen and oxygen atoms in total. The molecule has 4 rings (SSSR count). The van der Waals surface area contributed by atoms with Crippen LogP contribution in [0.5, 0.6) is 0 Å². The first-order valence-corrected chi connectivity index (χ1v) is 10.2. The molecule has 1 amide bonds. The summed E-state index contributed by atoms with van der Waals surface area (Å²) in [6, 6.07) is 12.8. The summed E-state index contributed by atoms with van der Waals surface area (Å²) >= 11 is 0. The molecule has 0 unspecified atom stereocenters. The fourth-order valence-electron chi connectivity index (χ4n) is 4.16. The SMILES string of the molecule is Cc1cc(C(=O)N2CCC(Cc3ccccc3)CC2)c2cnn(C(C)C)c2n1. The lowest BCUT2D eigenvalue weighted by Crippen LogP contribution is -2.39. The average molecular weight is 377 g/mol. The molecule has 5 heteroatoms. The maximum Gasteiger partial charge on any atom is 0.254 e. The Bertz CT molecular complexity index is 969. The molecule has 0 spiro atoms. The number of likely N-dealkylation sites (tertiary alicyclic amines) is 1. The van der Waals surface area contributed by atoms with E-state index in [0.717, 1.165) is 54.6 Å². The van der Waals surface area contributed by atoms with Gasteiger partial charge in [0.15, 0.2) is 5.65 Å². The van der Waals surface area contributed by atoms with Crippen LogP contribution < -0.4 is 0 Å². The van der Waals surface area contributed by atoms with Crippen molar-refractivity contribution in [1.29, 1.82) is 0 Å². The molecule has 0 bridgehead atoms. The van der Waals surface area contributed by atoms with Crippen LogP contribution in [0.4, 0.5) is 0 Å². The Morgan fingerprint density at radius 1 is 1.18 bits per heavy atom. The third-order valence-electron chi connectivity index (χ3n) is 5.68. The molecule has 2 aromatic heterocycles. The van der Waals surface area contributed by atoms with Gasteiger partial charge in [-0.2, -0.15) is 5.10 Å². The zero-order chi connectivity index (χ0) is 19.7. The van der Waals surface area contributed by atoms with E-state index in [9.17, 15) is 4.79 Å². The molecule has 0 N–H and O–H groups in total. The highest BCUT2D eigenvalue weighted by Crippen LogP contribution is 2.26. The van der Waals surface area contributed by atoms with Gasteiger partial charge in [0.05, 0.1) is 17.1 Å². The minimum absolute atomic E-state index is 0.108. The highest BCUT2D eigenvalue weighted by molar-refractivity contribution is 6.05. The van der Waals surface area contributed by atoms with E-state index in [1.54, 1.807) is 6.20 Å². The van der Waals surface area contributed by atoms with Gasteiger partial charge in [0.2, 0.25) is 0 Å². The van der Waals surface area contributed by atoms with Crippen LogP contribution in [0.2, 0.25) is 0 Å². The van der Waals surface area contributed by atoms with Gasteiger partial charge in [0.1, 0.15) is 0 Å². The first-order valence-electron chi connectivity index (χ1n) is 10.2. The predicted molar refractivity (Wildman–Crippen MR) is 111 cm³/mol. The van der Waals surface area contributed by atoms with E-state index >= 15 is 0 Å². The zero-order valence-electron chi connectivity index (χ0n) is 16.9. The van der Waals surface area contributed by atoms with Gasteiger partial charge >= 0.3 is 0 Å². The molecule has 1 aliphatic rings. The van der Waals surface area contributed by atoms with Crippen LogP contribution in [0, 0.1) is 12.8 Å². The van der Waals surface area contributed by atoms with Crippen LogP contribution >= 0.6 is 0 Å². The molecule has 0 aliphatic carbocycles. The Balaban J connectivity index is 1.50. The Labute approximate surface area is 166 Å². The number of amides is 1. The van der Waals surface area contributed by atoms with E-state index in [2.05, 4.69) is 54.3 Å². The Morgan fingerprint density at radius 2 is 1.89 bits per heavy atom. The Morgan fingerprint density at radius 3 is 2.57 bits per heavy atom. The molecule has 1 aliphatic heterocycles. The van der Waals surface area contributed by atoms with E-state index in [1.165, 1.54) is 5.56 Å². The quantitative estimate of drug-likeness (QED) is 0.677. The number of fused-ring (bicyclic) bond motifs is 1. The second-order valence-electron chi connectivity index (χ2n) is 8.16. The number of hydrogen-bond donors (Lipinski definition) is 0. The number of nitrogens with zero attached hydrogens (tertiary/aromatic N) is 4. The summed E-state index contributed by atoms with van der Waals surface area (Å²) in [4.78, 5) is 19.9. The molecular weight excluding hydrogens is 348 g/mol. The number of carbonyl (C=O) groups is 1. The van der Waals surface area contributed by atoms with Gasteiger partial charge in [0, 0.05) is 24.8 Å². The van der Waals surface area contributed by atoms with Crippen LogP contribution in [0.3, 0.4) is 0 Å². The van der Waals surface area contributed by atoms with Crippen LogP contribution in [-0.4, -0.2) is 38.7 Å². The van der Waals surface area contributed by atoms with Crippen molar-refractivity contribution in [3.05, 3.63) is 59.4 Å². The molecule has 3 aromatic rings. The number of carbonyl (C=O) groups excluding carboxylic acids is 1. The lowest BCUT2D eigenvalue weighted by molar-refractivity contribution is 0.0692. The van der Waals surface area contributed by atoms with Gasteiger partial charge in [-0.15, -0.1) is 0 Å². The first kappa shape index (κ1) is 18.7. The minimum atomic E-state index is 0.108.